The lowest BCUT2D eigenvalue weighted by atomic mass is 10.1. The van der Waals surface area contributed by atoms with Gasteiger partial charge in [-0.3, -0.25) is 25.4 Å². The number of rotatable bonds is 7. The van der Waals surface area contributed by atoms with E-state index >= 15 is 0 Å². The summed E-state index contributed by atoms with van der Waals surface area (Å²) in [7, 11) is 0. The molecule has 0 amide bonds. The fourth-order valence-corrected chi connectivity index (χ4v) is 2.55. The van der Waals surface area contributed by atoms with Gasteiger partial charge in [-0.05, 0) is 18.6 Å². The number of hydrogen-bond donors (Lipinski definition) is 4. The molecule has 0 fully saturated rings. The van der Waals surface area contributed by atoms with Crippen molar-refractivity contribution in [2.75, 3.05) is 16.9 Å². The van der Waals surface area contributed by atoms with Crippen molar-refractivity contribution in [3.8, 4) is 11.5 Å². The maximum Gasteiger partial charge on any atom is 0.321 e. The Morgan fingerprint density at radius 1 is 1.19 bits per heavy atom. The van der Waals surface area contributed by atoms with Crippen LogP contribution in [-0.4, -0.2) is 31.8 Å². The molecule has 0 saturated carbocycles. The minimum Gasteiger partial charge on any atom is -0.505 e. The molecule has 0 aromatic heterocycles. The van der Waals surface area contributed by atoms with E-state index in [9.17, 15) is 35.6 Å². The second-order valence-corrected chi connectivity index (χ2v) is 5.82. The summed E-state index contributed by atoms with van der Waals surface area (Å²) < 4.78 is 0. The molecule has 0 atom stereocenters. The number of phenols is 2. The van der Waals surface area contributed by atoms with Crippen LogP contribution in [0.3, 0.4) is 0 Å². The minimum absolute atomic E-state index is 0.0823. The fraction of sp³-hybridized carbons (Fsp3) is 0.200. The highest BCUT2D eigenvalue weighted by Gasteiger charge is 2.28. The Kier molecular flexibility index (Phi) is 5.88. The third kappa shape index (κ3) is 4.10. The molecule has 0 aliphatic carbocycles. The summed E-state index contributed by atoms with van der Waals surface area (Å²) in [6.45, 7) is 1.83. The van der Waals surface area contributed by atoms with Crippen molar-refractivity contribution in [2.24, 2.45) is 0 Å². The molecular formula is C15H15ClN4O7. The monoisotopic (exact) mass is 398 g/mol. The number of nitrogens with one attached hydrogen (secondary N) is 1. The molecule has 0 saturated heterocycles. The zero-order valence-corrected chi connectivity index (χ0v) is 14.7. The number of hydroxylamine groups is 1. The van der Waals surface area contributed by atoms with Crippen molar-refractivity contribution in [3.05, 3.63) is 49.5 Å². The van der Waals surface area contributed by atoms with Crippen LogP contribution in [0.1, 0.15) is 13.3 Å². The van der Waals surface area contributed by atoms with Gasteiger partial charge in [0.2, 0.25) is 0 Å². The molecular weight excluding hydrogens is 384 g/mol. The number of phenolic OH excluding ortho intramolecular Hbond substituents is 2. The summed E-state index contributed by atoms with van der Waals surface area (Å²) in [6.07, 6.45) is 0.485. The van der Waals surface area contributed by atoms with Gasteiger partial charge in [-0.1, -0.05) is 18.5 Å². The zero-order valence-electron chi connectivity index (χ0n) is 13.9. The first-order chi connectivity index (χ1) is 12.7. The van der Waals surface area contributed by atoms with Crippen molar-refractivity contribution >= 4 is 40.0 Å². The molecule has 144 valence electrons. The number of nitro groups is 2. The zero-order chi connectivity index (χ0) is 20.3. The second-order valence-electron chi connectivity index (χ2n) is 5.41. The maximum atomic E-state index is 11.5. The van der Waals surface area contributed by atoms with Gasteiger partial charge in [0.05, 0.1) is 20.6 Å². The molecule has 0 spiro atoms. The summed E-state index contributed by atoms with van der Waals surface area (Å²) in [5, 5.41) is 55.3. The molecule has 2 rings (SSSR count). The van der Waals surface area contributed by atoms with Crippen LogP contribution >= 0.6 is 11.6 Å². The molecule has 2 aromatic carbocycles. The minimum atomic E-state index is -0.841. The van der Waals surface area contributed by atoms with Crippen molar-refractivity contribution in [3.63, 3.8) is 0 Å². The first-order valence-corrected chi connectivity index (χ1v) is 7.95. The summed E-state index contributed by atoms with van der Waals surface area (Å²) in [6, 6.07) is 4.05. The first-order valence-electron chi connectivity index (χ1n) is 7.58. The van der Waals surface area contributed by atoms with E-state index in [-0.39, 0.29) is 22.9 Å². The Hall–Kier alpha value is -3.31. The van der Waals surface area contributed by atoms with Gasteiger partial charge >= 0.3 is 5.69 Å². The van der Waals surface area contributed by atoms with Gasteiger partial charge in [-0.15, -0.1) is 0 Å². The SMILES string of the molecule is CCCN(O)c1ccc(O)c(Nc2cc([N+](=O)[O-])cc(Cl)c2O)c1[N+](=O)[O-]. The van der Waals surface area contributed by atoms with Gasteiger partial charge in [0.25, 0.3) is 5.69 Å². The molecule has 11 nitrogen and oxygen atoms in total. The molecule has 0 heterocycles. The van der Waals surface area contributed by atoms with Crippen LogP contribution in [-0.2, 0) is 0 Å². The number of nitro benzene ring substituents is 2. The molecule has 0 unspecified atom stereocenters. The lowest BCUT2D eigenvalue weighted by molar-refractivity contribution is -0.384. The highest BCUT2D eigenvalue weighted by molar-refractivity contribution is 6.32. The number of nitrogens with zero attached hydrogens (tertiary/aromatic N) is 3. The Labute approximate surface area is 157 Å². The van der Waals surface area contributed by atoms with Gasteiger partial charge in [0, 0.05) is 18.7 Å². The Morgan fingerprint density at radius 2 is 1.85 bits per heavy atom. The van der Waals surface area contributed by atoms with E-state index in [1.807, 2.05) is 0 Å². The third-order valence-electron chi connectivity index (χ3n) is 3.55. The van der Waals surface area contributed by atoms with Crippen LogP contribution < -0.4 is 10.4 Å². The van der Waals surface area contributed by atoms with E-state index < -0.39 is 38.4 Å². The second kappa shape index (κ2) is 7.93. The van der Waals surface area contributed by atoms with Crippen LogP contribution in [0.25, 0.3) is 0 Å². The van der Waals surface area contributed by atoms with E-state index in [1.54, 1.807) is 6.92 Å². The van der Waals surface area contributed by atoms with Gasteiger partial charge < -0.3 is 15.5 Å². The topological polar surface area (TPSA) is 162 Å². The molecule has 27 heavy (non-hydrogen) atoms. The van der Waals surface area contributed by atoms with Crippen LogP contribution in [0.4, 0.5) is 28.4 Å². The van der Waals surface area contributed by atoms with Crippen molar-refractivity contribution in [2.45, 2.75) is 13.3 Å². The van der Waals surface area contributed by atoms with Crippen LogP contribution in [0, 0.1) is 20.2 Å². The fourth-order valence-electron chi connectivity index (χ4n) is 2.34. The number of hydrogen-bond acceptors (Lipinski definition) is 9. The summed E-state index contributed by atoms with van der Waals surface area (Å²) >= 11 is 5.76. The third-order valence-corrected chi connectivity index (χ3v) is 3.84. The van der Waals surface area contributed by atoms with E-state index in [4.69, 9.17) is 11.6 Å². The predicted octanol–water partition coefficient (Wildman–Crippen LogP) is 3.92. The van der Waals surface area contributed by atoms with Crippen LogP contribution in [0.5, 0.6) is 11.5 Å². The number of benzene rings is 2. The average Bonchev–Trinajstić information content (AvgIpc) is 2.59. The normalized spacial score (nSPS) is 10.5. The lowest BCUT2D eigenvalue weighted by Crippen LogP contribution is -2.20. The Balaban J connectivity index is 2.64. The van der Waals surface area contributed by atoms with E-state index in [0.717, 1.165) is 24.3 Å². The molecule has 12 heteroatoms. The first kappa shape index (κ1) is 20.0. The average molecular weight is 399 g/mol. The van der Waals surface area contributed by atoms with Crippen molar-refractivity contribution in [1.29, 1.82) is 0 Å². The largest absolute Gasteiger partial charge is 0.505 e. The predicted molar refractivity (Wildman–Crippen MR) is 97.2 cm³/mol. The number of halogens is 1. The summed E-state index contributed by atoms with van der Waals surface area (Å²) in [5.74, 6) is -1.17. The van der Waals surface area contributed by atoms with Gasteiger partial charge in [0.1, 0.15) is 11.4 Å². The summed E-state index contributed by atoms with van der Waals surface area (Å²) in [5.41, 5.74) is -2.18. The molecule has 0 bridgehead atoms. The van der Waals surface area contributed by atoms with E-state index in [1.165, 1.54) is 0 Å². The van der Waals surface area contributed by atoms with Crippen LogP contribution in [0.2, 0.25) is 5.02 Å². The molecule has 0 aliphatic rings. The highest BCUT2D eigenvalue weighted by Crippen LogP contribution is 2.45. The van der Waals surface area contributed by atoms with E-state index in [2.05, 4.69) is 5.32 Å². The molecule has 0 radical (unpaired) electrons. The lowest BCUT2D eigenvalue weighted by Gasteiger charge is -2.19. The molecule has 2 aromatic rings. The van der Waals surface area contributed by atoms with Crippen LogP contribution in [0.15, 0.2) is 24.3 Å². The summed E-state index contributed by atoms with van der Waals surface area (Å²) in [4.78, 5) is 20.9. The standard InChI is InChI=1S/C15H15ClN4O7/c1-2-5-18(23)11-3-4-12(21)13(14(11)20(26)27)17-10-7-8(19(24)25)6-9(16)15(10)22/h3-4,6-7,17,21-23H,2,5H2,1H3. The van der Waals surface area contributed by atoms with Gasteiger partial charge in [-0.2, -0.15) is 0 Å². The number of non-ortho nitro benzene ring substituents is 1. The maximum absolute atomic E-state index is 11.5. The number of aromatic hydroxyl groups is 2. The smallest absolute Gasteiger partial charge is 0.321 e. The van der Waals surface area contributed by atoms with Crippen molar-refractivity contribution < 1.29 is 25.3 Å². The van der Waals surface area contributed by atoms with E-state index in [0.29, 0.717) is 11.5 Å². The highest BCUT2D eigenvalue weighted by atomic mass is 35.5. The molecule has 0 aliphatic heterocycles. The number of anilines is 3. The quantitative estimate of drug-likeness (QED) is 0.307. The molecule has 4 N–H and O–H groups in total. The van der Waals surface area contributed by atoms with Gasteiger partial charge in [0.15, 0.2) is 11.4 Å². The van der Waals surface area contributed by atoms with Crippen molar-refractivity contribution in [1.82, 2.24) is 0 Å². The Morgan fingerprint density at radius 3 is 2.41 bits per heavy atom. The Bertz CT molecular complexity index is 906. The van der Waals surface area contributed by atoms with Gasteiger partial charge in [-0.25, -0.2) is 5.06 Å².